The molecule has 3 N–H and O–H groups in total. The highest BCUT2D eigenvalue weighted by Gasteiger charge is 2.35. The number of nitrogens with zero attached hydrogens (tertiary/aromatic N) is 1. The van der Waals surface area contributed by atoms with Gasteiger partial charge in [-0.2, -0.15) is 0 Å². The van der Waals surface area contributed by atoms with E-state index in [0.29, 0.717) is 5.92 Å². The molecule has 1 fully saturated rings. The average molecular weight is 415 g/mol. The van der Waals surface area contributed by atoms with Gasteiger partial charge in [0.25, 0.3) is 0 Å². The number of halogens is 4. The van der Waals surface area contributed by atoms with Crippen molar-refractivity contribution in [1.82, 2.24) is 0 Å². The molecule has 2 atom stereocenters. The molecule has 0 spiro atoms. The van der Waals surface area contributed by atoms with E-state index < -0.39 is 6.36 Å². The molecule has 118 valence electrons. The Bertz CT molecular complexity index is 508. The van der Waals surface area contributed by atoms with Crippen molar-refractivity contribution in [3.63, 3.8) is 0 Å². The van der Waals surface area contributed by atoms with Crippen LogP contribution in [0.15, 0.2) is 29.3 Å². The highest BCUT2D eigenvalue weighted by molar-refractivity contribution is 14.0. The van der Waals surface area contributed by atoms with Crippen LogP contribution in [0.4, 0.5) is 18.9 Å². The van der Waals surface area contributed by atoms with Gasteiger partial charge in [-0.25, -0.2) is 4.99 Å². The van der Waals surface area contributed by atoms with Crippen molar-refractivity contribution in [3.05, 3.63) is 24.3 Å². The van der Waals surface area contributed by atoms with Crippen LogP contribution in [0.5, 0.6) is 5.75 Å². The van der Waals surface area contributed by atoms with E-state index in [1.165, 1.54) is 18.2 Å². The minimum absolute atomic E-state index is 0. The monoisotopic (exact) mass is 415 g/mol. The first-order valence-corrected chi connectivity index (χ1v) is 6.34. The molecule has 0 saturated heterocycles. The Morgan fingerprint density at radius 3 is 2.67 bits per heavy atom. The number of guanidine groups is 1. The quantitative estimate of drug-likeness (QED) is 0.448. The van der Waals surface area contributed by atoms with Crippen LogP contribution < -0.4 is 15.8 Å². The first-order chi connectivity index (χ1) is 9.39. The molecule has 0 radical (unpaired) electrons. The zero-order valence-corrected chi connectivity index (χ0v) is 13.7. The number of hydrogen-bond donors (Lipinski definition) is 2. The van der Waals surface area contributed by atoms with Gasteiger partial charge in [0, 0.05) is 0 Å². The normalized spacial score (nSPS) is 21.4. The number of ether oxygens (including phenoxy) is 1. The summed E-state index contributed by atoms with van der Waals surface area (Å²) in [5, 5.41) is 2.65. The Hall–Kier alpha value is -1.19. The molecule has 1 saturated carbocycles. The van der Waals surface area contributed by atoms with Crippen LogP contribution in [-0.4, -0.2) is 18.4 Å². The van der Waals surface area contributed by atoms with Crippen molar-refractivity contribution in [1.29, 1.82) is 0 Å². The number of benzene rings is 1. The highest BCUT2D eigenvalue weighted by atomic mass is 127. The van der Waals surface area contributed by atoms with Crippen molar-refractivity contribution in [2.45, 2.75) is 32.2 Å². The molecule has 0 aliphatic heterocycles. The number of hydrogen-bond acceptors (Lipinski definition) is 2. The third-order valence-corrected chi connectivity index (χ3v) is 3.09. The topological polar surface area (TPSA) is 59.6 Å². The summed E-state index contributed by atoms with van der Waals surface area (Å²) in [5.41, 5.74) is 5.84. The van der Waals surface area contributed by atoms with Gasteiger partial charge in [0.05, 0.1) is 11.7 Å². The largest absolute Gasteiger partial charge is 0.573 e. The Morgan fingerprint density at radius 1 is 1.43 bits per heavy atom. The predicted octanol–water partition coefficient (Wildman–Crippen LogP) is 3.73. The van der Waals surface area contributed by atoms with Crippen molar-refractivity contribution >= 4 is 35.6 Å². The molecular weight excluding hydrogens is 398 g/mol. The molecule has 0 unspecified atom stereocenters. The number of rotatable bonds is 4. The van der Waals surface area contributed by atoms with Gasteiger partial charge >= 0.3 is 6.36 Å². The second kappa shape index (κ2) is 7.19. The lowest BCUT2D eigenvalue weighted by molar-refractivity contribution is -0.274. The van der Waals surface area contributed by atoms with Crippen molar-refractivity contribution < 1.29 is 17.9 Å². The maximum atomic E-state index is 12.3. The molecule has 1 aliphatic carbocycles. The van der Waals surface area contributed by atoms with Gasteiger partial charge in [-0.3, -0.25) is 0 Å². The highest BCUT2D eigenvalue weighted by Crippen LogP contribution is 2.36. The van der Waals surface area contributed by atoms with E-state index >= 15 is 0 Å². The van der Waals surface area contributed by atoms with Crippen LogP contribution in [0.3, 0.4) is 0 Å². The molecule has 0 aromatic heterocycles. The number of alkyl halides is 3. The van der Waals surface area contributed by atoms with Gasteiger partial charge in [0.1, 0.15) is 0 Å². The molecule has 0 amide bonds. The second-order valence-corrected chi connectivity index (χ2v) is 4.65. The second-order valence-electron chi connectivity index (χ2n) is 4.65. The molecule has 0 heterocycles. The summed E-state index contributed by atoms with van der Waals surface area (Å²) in [4.78, 5) is 4.22. The van der Waals surface area contributed by atoms with Crippen molar-refractivity contribution in [2.24, 2.45) is 16.6 Å². The summed E-state index contributed by atoms with van der Waals surface area (Å²) < 4.78 is 40.7. The maximum absolute atomic E-state index is 12.3. The molecule has 2 rings (SSSR count). The standard InChI is InChI=1S/C13H16F3N3O.HI/c1-2-8-7-10(8)19-12(17)18-9-5-3-4-6-11(9)20-13(14,15)16;/h3-6,8,10H,2,7H2,1H3,(H3,17,18,19);1H/t8-,10-;/m1./s1. The summed E-state index contributed by atoms with van der Waals surface area (Å²) in [5.74, 6) is 0.294. The van der Waals surface area contributed by atoms with Crippen LogP contribution in [-0.2, 0) is 0 Å². The van der Waals surface area contributed by atoms with E-state index in [1.54, 1.807) is 6.07 Å². The third-order valence-electron chi connectivity index (χ3n) is 3.09. The average Bonchev–Trinajstić information content (AvgIpc) is 3.08. The smallest absolute Gasteiger partial charge is 0.404 e. The SMILES string of the molecule is CC[C@@H]1C[C@H]1N=C(N)Nc1ccccc1OC(F)(F)F.I. The molecule has 8 heteroatoms. The number of nitrogens with two attached hydrogens (primary N) is 1. The van der Waals surface area contributed by atoms with Crippen LogP contribution in [0.25, 0.3) is 0 Å². The van der Waals surface area contributed by atoms with Gasteiger partial charge in [0.15, 0.2) is 11.7 Å². The lowest BCUT2D eigenvalue weighted by Gasteiger charge is -2.14. The number of aliphatic imine (C=N–C) groups is 1. The van der Waals surface area contributed by atoms with Crippen LogP contribution in [0, 0.1) is 5.92 Å². The summed E-state index contributed by atoms with van der Waals surface area (Å²) >= 11 is 0. The summed E-state index contributed by atoms with van der Waals surface area (Å²) in [6.07, 6.45) is -2.75. The van der Waals surface area contributed by atoms with E-state index in [2.05, 4.69) is 22.0 Å². The zero-order valence-electron chi connectivity index (χ0n) is 11.4. The summed E-state index contributed by atoms with van der Waals surface area (Å²) in [7, 11) is 0. The minimum atomic E-state index is -4.74. The van der Waals surface area contributed by atoms with Gasteiger partial charge < -0.3 is 15.8 Å². The van der Waals surface area contributed by atoms with E-state index in [-0.39, 0.29) is 47.4 Å². The summed E-state index contributed by atoms with van der Waals surface area (Å²) in [6.45, 7) is 2.07. The molecule has 1 aromatic rings. The maximum Gasteiger partial charge on any atom is 0.573 e. The zero-order chi connectivity index (χ0) is 14.8. The molecule has 0 bridgehead atoms. The van der Waals surface area contributed by atoms with Crippen molar-refractivity contribution in [3.8, 4) is 5.75 Å². The first kappa shape index (κ1) is 17.9. The van der Waals surface area contributed by atoms with Gasteiger partial charge in [-0.05, 0) is 24.5 Å². The fraction of sp³-hybridized carbons (Fsp3) is 0.462. The molecule has 21 heavy (non-hydrogen) atoms. The third kappa shape index (κ3) is 5.60. The number of nitrogens with one attached hydrogen (secondary N) is 1. The fourth-order valence-corrected chi connectivity index (χ4v) is 1.96. The molecule has 4 nitrogen and oxygen atoms in total. The van der Waals surface area contributed by atoms with Gasteiger partial charge in [-0.1, -0.05) is 25.5 Å². The van der Waals surface area contributed by atoms with Gasteiger partial charge in [0.2, 0.25) is 0 Å². The van der Waals surface area contributed by atoms with Crippen LogP contribution >= 0.6 is 24.0 Å². The molecule has 1 aromatic carbocycles. The van der Waals surface area contributed by atoms with E-state index in [9.17, 15) is 13.2 Å². The molecule has 1 aliphatic rings. The minimum Gasteiger partial charge on any atom is -0.404 e. The number of anilines is 1. The molecular formula is C13H17F3IN3O. The predicted molar refractivity (Wildman–Crippen MR) is 86.0 cm³/mol. The summed E-state index contributed by atoms with van der Waals surface area (Å²) in [6, 6.07) is 5.88. The van der Waals surface area contributed by atoms with Crippen LogP contribution in [0.1, 0.15) is 19.8 Å². The van der Waals surface area contributed by atoms with Crippen molar-refractivity contribution in [2.75, 3.05) is 5.32 Å². The lowest BCUT2D eigenvalue weighted by atomic mass is 10.3. The van der Waals surface area contributed by atoms with Crippen LogP contribution in [0.2, 0.25) is 0 Å². The van der Waals surface area contributed by atoms with E-state index in [1.807, 2.05) is 0 Å². The first-order valence-electron chi connectivity index (χ1n) is 6.34. The Balaban J connectivity index is 0.00000220. The van der Waals surface area contributed by atoms with E-state index in [0.717, 1.165) is 12.8 Å². The number of para-hydroxylation sites is 2. The van der Waals surface area contributed by atoms with E-state index in [4.69, 9.17) is 5.73 Å². The Morgan fingerprint density at radius 2 is 2.10 bits per heavy atom. The fourth-order valence-electron chi connectivity index (χ4n) is 1.96. The van der Waals surface area contributed by atoms with Gasteiger partial charge in [-0.15, -0.1) is 37.1 Å². The lowest BCUT2D eigenvalue weighted by Crippen LogP contribution is -2.25. The Labute approximate surface area is 138 Å². The Kier molecular flexibility index (Phi) is 6.11.